The highest BCUT2D eigenvalue weighted by atomic mass is 19.4. The average Bonchev–Trinajstić information content (AvgIpc) is 3.36. The van der Waals surface area contributed by atoms with E-state index in [1.165, 1.54) is 17.0 Å². The molecule has 4 rings (SSSR count). The number of rotatable bonds is 11. The topological polar surface area (TPSA) is 56.4 Å². The predicted molar refractivity (Wildman–Crippen MR) is 146 cm³/mol. The monoisotopic (exact) mass is 553 g/mol. The van der Waals surface area contributed by atoms with Gasteiger partial charge in [0.25, 0.3) is 5.91 Å². The summed E-state index contributed by atoms with van der Waals surface area (Å²) in [6.07, 6.45) is -0.644. The van der Waals surface area contributed by atoms with Crippen LogP contribution in [-0.4, -0.2) is 46.2 Å². The summed E-state index contributed by atoms with van der Waals surface area (Å²) in [5.41, 5.74) is 2.00. The minimum atomic E-state index is -4.51. The Labute approximate surface area is 230 Å². The van der Waals surface area contributed by atoms with Gasteiger partial charge in [-0.2, -0.15) is 13.2 Å². The van der Waals surface area contributed by atoms with Crippen molar-refractivity contribution in [2.24, 2.45) is 0 Å². The minimum Gasteiger partial charge on any atom is -0.361 e. The van der Waals surface area contributed by atoms with Gasteiger partial charge in [0.05, 0.1) is 5.56 Å². The largest absolute Gasteiger partial charge is 0.416 e. The Balaban J connectivity index is 1.54. The second-order valence-electron chi connectivity index (χ2n) is 9.71. The van der Waals surface area contributed by atoms with Gasteiger partial charge in [-0.1, -0.05) is 43.7 Å². The van der Waals surface area contributed by atoms with Crippen LogP contribution in [-0.2, 0) is 23.9 Å². The summed E-state index contributed by atoms with van der Waals surface area (Å²) >= 11 is 0. The van der Waals surface area contributed by atoms with Crippen LogP contribution >= 0.6 is 0 Å². The van der Waals surface area contributed by atoms with Gasteiger partial charge in [0, 0.05) is 42.3 Å². The van der Waals surface area contributed by atoms with Gasteiger partial charge in [-0.3, -0.25) is 9.59 Å². The van der Waals surface area contributed by atoms with Crippen LogP contribution in [0.1, 0.15) is 46.8 Å². The maximum Gasteiger partial charge on any atom is 0.416 e. The Morgan fingerprint density at radius 3 is 2.25 bits per heavy atom. The third-order valence-corrected chi connectivity index (χ3v) is 6.82. The number of hydrogen-bond donors (Lipinski definition) is 1. The minimum absolute atomic E-state index is 0.0841. The summed E-state index contributed by atoms with van der Waals surface area (Å²) in [4.78, 5) is 33.2. The molecular weight excluding hydrogens is 522 g/mol. The van der Waals surface area contributed by atoms with Crippen molar-refractivity contribution >= 4 is 22.7 Å². The van der Waals surface area contributed by atoms with E-state index in [0.717, 1.165) is 52.7 Å². The fourth-order valence-electron chi connectivity index (χ4n) is 4.55. The SMILES string of the molecule is CCCCN(CC(=O)N(CCc1c[nH]c2ccccc12)Cc1ccc(F)cc1)C(=O)c1ccc(C(F)(F)F)cc1. The van der Waals surface area contributed by atoms with Crippen molar-refractivity contribution in [1.82, 2.24) is 14.8 Å². The number of nitrogens with zero attached hydrogens (tertiary/aromatic N) is 2. The first-order valence-electron chi connectivity index (χ1n) is 13.2. The number of hydrogen-bond acceptors (Lipinski definition) is 2. The van der Waals surface area contributed by atoms with Crippen LogP contribution in [0.3, 0.4) is 0 Å². The van der Waals surface area contributed by atoms with Gasteiger partial charge in [0.15, 0.2) is 0 Å². The zero-order chi connectivity index (χ0) is 28.7. The summed E-state index contributed by atoms with van der Waals surface area (Å²) in [6.45, 7) is 2.58. The number of nitrogens with one attached hydrogen (secondary N) is 1. The lowest BCUT2D eigenvalue weighted by molar-refractivity contribution is -0.137. The van der Waals surface area contributed by atoms with Crippen molar-refractivity contribution in [2.45, 2.75) is 38.9 Å². The van der Waals surface area contributed by atoms with E-state index in [1.807, 2.05) is 37.4 Å². The number of carbonyl (C=O) groups is 2. The van der Waals surface area contributed by atoms with Crippen molar-refractivity contribution in [1.29, 1.82) is 0 Å². The van der Waals surface area contributed by atoms with Gasteiger partial charge >= 0.3 is 6.18 Å². The van der Waals surface area contributed by atoms with E-state index in [1.54, 1.807) is 17.0 Å². The highest BCUT2D eigenvalue weighted by Gasteiger charge is 2.31. The number of amides is 2. The second-order valence-corrected chi connectivity index (χ2v) is 9.71. The van der Waals surface area contributed by atoms with Crippen LogP contribution in [0.15, 0.2) is 79.0 Å². The van der Waals surface area contributed by atoms with E-state index >= 15 is 0 Å². The molecule has 1 aromatic heterocycles. The van der Waals surface area contributed by atoms with Crippen molar-refractivity contribution in [3.05, 3.63) is 107 Å². The molecule has 2 amide bonds. The van der Waals surface area contributed by atoms with E-state index in [4.69, 9.17) is 0 Å². The number of unbranched alkanes of at least 4 members (excludes halogenated alkanes) is 1. The molecule has 5 nitrogen and oxygen atoms in total. The molecule has 0 bridgehead atoms. The van der Waals surface area contributed by atoms with Gasteiger partial charge in [0.1, 0.15) is 12.4 Å². The fraction of sp³-hybridized carbons (Fsp3) is 0.290. The third kappa shape index (κ3) is 7.28. The highest BCUT2D eigenvalue weighted by molar-refractivity contribution is 5.96. The lowest BCUT2D eigenvalue weighted by atomic mass is 10.1. The number of benzene rings is 3. The molecule has 4 aromatic rings. The molecule has 210 valence electrons. The molecule has 0 saturated heterocycles. The summed E-state index contributed by atoms with van der Waals surface area (Å²) in [5, 5.41) is 1.05. The zero-order valence-corrected chi connectivity index (χ0v) is 22.2. The smallest absolute Gasteiger partial charge is 0.361 e. The number of aromatic nitrogens is 1. The van der Waals surface area contributed by atoms with Gasteiger partial charge in [0.2, 0.25) is 5.91 Å². The Morgan fingerprint density at radius 1 is 0.875 bits per heavy atom. The van der Waals surface area contributed by atoms with Gasteiger partial charge in [-0.25, -0.2) is 4.39 Å². The Bertz CT molecular complexity index is 1430. The standard InChI is InChI=1S/C31H31F4N3O2/c1-2-3-17-38(30(40)23-10-12-25(13-11-23)31(33,34)35)21-29(39)37(20-22-8-14-26(32)15-9-22)18-16-24-19-36-28-7-5-4-6-27(24)28/h4-15,19,36H,2-3,16-18,20-21H2,1H3. The molecular formula is C31H31F4N3O2. The number of H-pyrrole nitrogens is 1. The molecule has 0 aliphatic heterocycles. The average molecular weight is 554 g/mol. The molecule has 3 aromatic carbocycles. The van der Waals surface area contributed by atoms with Crippen molar-refractivity contribution in [2.75, 3.05) is 19.6 Å². The molecule has 0 spiro atoms. The van der Waals surface area contributed by atoms with E-state index in [2.05, 4.69) is 4.98 Å². The number of aromatic amines is 1. The molecule has 9 heteroatoms. The molecule has 0 unspecified atom stereocenters. The Hall–Kier alpha value is -4.14. The fourth-order valence-corrected chi connectivity index (χ4v) is 4.55. The van der Waals surface area contributed by atoms with Crippen LogP contribution in [0.5, 0.6) is 0 Å². The molecule has 0 fully saturated rings. The van der Waals surface area contributed by atoms with E-state index in [0.29, 0.717) is 19.4 Å². The van der Waals surface area contributed by atoms with Crippen molar-refractivity contribution < 1.29 is 27.2 Å². The van der Waals surface area contributed by atoms with Crippen LogP contribution in [0.25, 0.3) is 10.9 Å². The number of carbonyl (C=O) groups excluding carboxylic acids is 2. The van der Waals surface area contributed by atoms with Gasteiger partial charge in [-0.15, -0.1) is 0 Å². The first-order valence-corrected chi connectivity index (χ1v) is 13.2. The van der Waals surface area contributed by atoms with Crippen LogP contribution in [0, 0.1) is 5.82 Å². The number of para-hydroxylation sites is 1. The normalized spacial score (nSPS) is 11.5. The first kappa shape index (κ1) is 28.9. The third-order valence-electron chi connectivity index (χ3n) is 6.82. The zero-order valence-electron chi connectivity index (χ0n) is 22.2. The van der Waals surface area contributed by atoms with E-state index in [-0.39, 0.29) is 36.9 Å². The van der Waals surface area contributed by atoms with Crippen LogP contribution < -0.4 is 0 Å². The van der Waals surface area contributed by atoms with Crippen molar-refractivity contribution in [3.8, 4) is 0 Å². The Morgan fingerprint density at radius 2 is 1.57 bits per heavy atom. The molecule has 0 aliphatic rings. The van der Waals surface area contributed by atoms with Gasteiger partial charge < -0.3 is 14.8 Å². The maximum atomic E-state index is 13.6. The lowest BCUT2D eigenvalue weighted by Gasteiger charge is -2.28. The first-order chi connectivity index (χ1) is 19.2. The maximum absolute atomic E-state index is 13.6. The van der Waals surface area contributed by atoms with E-state index < -0.39 is 17.6 Å². The number of alkyl halides is 3. The number of fused-ring (bicyclic) bond motifs is 1. The molecule has 0 aliphatic carbocycles. The summed E-state index contributed by atoms with van der Waals surface area (Å²) in [5.74, 6) is -1.19. The lowest BCUT2D eigenvalue weighted by Crippen LogP contribution is -2.43. The molecule has 40 heavy (non-hydrogen) atoms. The second kappa shape index (κ2) is 12.8. The van der Waals surface area contributed by atoms with Gasteiger partial charge in [-0.05, 0) is 66.4 Å². The summed E-state index contributed by atoms with van der Waals surface area (Å²) in [7, 11) is 0. The summed E-state index contributed by atoms with van der Waals surface area (Å²) in [6, 6.07) is 17.8. The number of halogens is 4. The quantitative estimate of drug-likeness (QED) is 0.207. The van der Waals surface area contributed by atoms with Crippen LogP contribution in [0.2, 0.25) is 0 Å². The molecule has 1 heterocycles. The molecule has 0 atom stereocenters. The molecule has 1 N–H and O–H groups in total. The molecule has 0 radical (unpaired) electrons. The van der Waals surface area contributed by atoms with Crippen molar-refractivity contribution in [3.63, 3.8) is 0 Å². The summed E-state index contributed by atoms with van der Waals surface area (Å²) < 4.78 is 52.5. The van der Waals surface area contributed by atoms with E-state index in [9.17, 15) is 27.2 Å². The Kier molecular flexibility index (Phi) is 9.24. The highest BCUT2D eigenvalue weighted by Crippen LogP contribution is 2.29. The predicted octanol–water partition coefficient (Wildman–Crippen LogP) is 6.84. The molecule has 0 saturated carbocycles. The van der Waals surface area contributed by atoms with Crippen LogP contribution in [0.4, 0.5) is 17.6 Å².